The fourth-order valence-corrected chi connectivity index (χ4v) is 5.31. The average Bonchev–Trinajstić information content (AvgIpc) is 3.79. The average molecular weight is 651 g/mol. The molecule has 0 radical (unpaired) electrons. The van der Waals surface area contributed by atoms with Gasteiger partial charge >= 0.3 is 6.18 Å². The second-order valence-corrected chi connectivity index (χ2v) is 12.2. The molecule has 0 saturated heterocycles. The lowest BCUT2D eigenvalue weighted by Gasteiger charge is -2.26. The van der Waals surface area contributed by atoms with Crippen LogP contribution in [0.4, 0.5) is 17.6 Å². The third-order valence-electron chi connectivity index (χ3n) is 8.46. The van der Waals surface area contributed by atoms with Crippen LogP contribution in [0.5, 0.6) is 11.5 Å². The van der Waals surface area contributed by atoms with Gasteiger partial charge in [0, 0.05) is 46.6 Å². The second-order valence-electron chi connectivity index (χ2n) is 12.2. The molecule has 47 heavy (non-hydrogen) atoms. The predicted octanol–water partition coefficient (Wildman–Crippen LogP) is 5.91. The van der Waals surface area contributed by atoms with Crippen molar-refractivity contribution in [1.29, 1.82) is 0 Å². The highest BCUT2D eigenvalue weighted by molar-refractivity contribution is 5.98. The van der Waals surface area contributed by atoms with E-state index in [1.54, 1.807) is 19.1 Å². The number of benzene rings is 2. The number of ether oxygens (including phenoxy) is 2. The fraction of sp³-hybridized carbons (Fsp3) is 0.324. The van der Waals surface area contributed by atoms with Crippen molar-refractivity contribution < 1.29 is 41.7 Å². The Hall–Kier alpha value is -4.91. The van der Waals surface area contributed by atoms with Crippen LogP contribution in [0.2, 0.25) is 0 Å². The summed E-state index contributed by atoms with van der Waals surface area (Å²) in [6.07, 6.45) is -1.23. The summed E-state index contributed by atoms with van der Waals surface area (Å²) >= 11 is 0. The van der Waals surface area contributed by atoms with Gasteiger partial charge in [0.2, 0.25) is 11.7 Å². The van der Waals surface area contributed by atoms with Gasteiger partial charge in [-0.1, -0.05) is 0 Å². The van der Waals surface area contributed by atoms with Gasteiger partial charge in [0.15, 0.2) is 5.78 Å². The number of hydrogen-bond donors (Lipinski definition) is 2. The molecule has 1 saturated carbocycles. The molecule has 6 rings (SSSR count). The molecule has 244 valence electrons. The van der Waals surface area contributed by atoms with E-state index < -0.39 is 34.7 Å². The summed E-state index contributed by atoms with van der Waals surface area (Å²) in [6.45, 7) is 3.05. The van der Waals surface area contributed by atoms with Gasteiger partial charge in [-0.15, -0.1) is 0 Å². The van der Waals surface area contributed by atoms with Crippen molar-refractivity contribution in [3.63, 3.8) is 0 Å². The largest absolute Gasteiger partial charge is 0.490 e. The number of rotatable bonds is 10. The molecule has 0 bridgehead atoms. The Balaban J connectivity index is 1.29. The minimum Gasteiger partial charge on any atom is -0.490 e. The minimum absolute atomic E-state index is 0.0257. The number of fused-ring (bicyclic) bond motifs is 1. The van der Waals surface area contributed by atoms with E-state index in [1.165, 1.54) is 43.3 Å². The number of carbonyl (C=O) groups is 2. The van der Waals surface area contributed by atoms with Crippen LogP contribution in [-0.2, 0) is 22.0 Å². The topological polar surface area (TPSA) is 138 Å². The Bertz CT molecular complexity index is 1860. The Labute approximate surface area is 266 Å². The molecule has 0 spiro atoms. The van der Waals surface area contributed by atoms with Gasteiger partial charge in [-0.3, -0.25) is 9.59 Å². The molecule has 1 fully saturated rings. The van der Waals surface area contributed by atoms with Gasteiger partial charge in [-0.05, 0) is 81.6 Å². The quantitative estimate of drug-likeness (QED) is 0.160. The number of hydrogen-bond acceptors (Lipinski definition) is 8. The van der Waals surface area contributed by atoms with Crippen LogP contribution in [0, 0.1) is 5.82 Å². The SMILES string of the molecule is C[C@](O)(CCC(=O)c1ccc(OC2CC2)c(-c2cnc(C(F)(F)F)nc2)c1)c1cc2c(c(-c3ccc(F)cc3)n1)OC[C@]2(C)C(N)=O. The molecule has 1 aliphatic carbocycles. The van der Waals surface area contributed by atoms with Crippen molar-refractivity contribution in [1.82, 2.24) is 15.0 Å². The first kappa shape index (κ1) is 32.0. The summed E-state index contributed by atoms with van der Waals surface area (Å²) in [5.41, 5.74) is 5.00. The molecular weight excluding hydrogens is 620 g/mol. The lowest BCUT2D eigenvalue weighted by molar-refractivity contribution is -0.145. The van der Waals surface area contributed by atoms with Crippen molar-refractivity contribution in [2.24, 2.45) is 5.73 Å². The maximum absolute atomic E-state index is 13.7. The molecule has 13 heteroatoms. The Kier molecular flexibility index (Phi) is 7.99. The lowest BCUT2D eigenvalue weighted by atomic mass is 9.81. The van der Waals surface area contributed by atoms with E-state index in [-0.39, 0.29) is 53.9 Å². The summed E-state index contributed by atoms with van der Waals surface area (Å²) in [5.74, 6) is -2.07. The Morgan fingerprint density at radius 2 is 1.74 bits per heavy atom. The van der Waals surface area contributed by atoms with Gasteiger partial charge in [0.05, 0.1) is 11.8 Å². The summed E-state index contributed by atoms with van der Waals surface area (Å²) in [4.78, 5) is 37.5. The van der Waals surface area contributed by atoms with Crippen LogP contribution in [0.3, 0.4) is 0 Å². The van der Waals surface area contributed by atoms with Crippen molar-refractivity contribution in [3.05, 3.63) is 89.4 Å². The zero-order valence-electron chi connectivity index (χ0n) is 25.4. The number of carbonyl (C=O) groups excluding carboxylic acids is 2. The first-order chi connectivity index (χ1) is 22.2. The van der Waals surface area contributed by atoms with Crippen LogP contribution in [0.1, 0.15) is 67.0 Å². The maximum Gasteiger partial charge on any atom is 0.451 e. The molecule has 4 aromatic rings. The van der Waals surface area contributed by atoms with E-state index >= 15 is 0 Å². The molecular formula is C34H30F4N4O5. The molecule has 2 aromatic heterocycles. The summed E-state index contributed by atoms with van der Waals surface area (Å²) in [7, 11) is 0. The van der Waals surface area contributed by atoms with E-state index in [9.17, 15) is 32.3 Å². The normalized spacial score (nSPS) is 18.6. The molecule has 3 N–H and O–H groups in total. The number of amides is 1. The molecule has 0 unspecified atom stereocenters. The van der Waals surface area contributed by atoms with Crippen molar-refractivity contribution >= 4 is 11.7 Å². The van der Waals surface area contributed by atoms with E-state index in [0.717, 1.165) is 25.2 Å². The number of pyridine rings is 1. The number of aromatic nitrogens is 3. The Morgan fingerprint density at radius 3 is 2.36 bits per heavy atom. The third kappa shape index (κ3) is 6.39. The van der Waals surface area contributed by atoms with E-state index in [4.69, 9.17) is 15.2 Å². The summed E-state index contributed by atoms with van der Waals surface area (Å²) < 4.78 is 64.7. The molecule has 9 nitrogen and oxygen atoms in total. The highest BCUT2D eigenvalue weighted by Crippen LogP contribution is 2.46. The van der Waals surface area contributed by atoms with Gasteiger partial charge in [0.1, 0.15) is 40.6 Å². The number of Topliss-reactive ketones (excluding diaryl/α,β-unsaturated/α-hetero) is 1. The predicted molar refractivity (Wildman–Crippen MR) is 161 cm³/mol. The molecule has 2 aliphatic rings. The van der Waals surface area contributed by atoms with Gasteiger partial charge < -0.3 is 20.3 Å². The lowest BCUT2D eigenvalue weighted by Crippen LogP contribution is -2.40. The molecule has 1 aliphatic heterocycles. The number of nitrogens with two attached hydrogens (primary N) is 1. The first-order valence-electron chi connectivity index (χ1n) is 14.9. The van der Waals surface area contributed by atoms with Crippen molar-refractivity contribution in [2.75, 3.05) is 6.61 Å². The van der Waals surface area contributed by atoms with Gasteiger partial charge in [0.25, 0.3) is 0 Å². The number of nitrogens with zero attached hydrogens (tertiary/aromatic N) is 3. The van der Waals surface area contributed by atoms with Crippen LogP contribution < -0.4 is 15.2 Å². The van der Waals surface area contributed by atoms with Crippen molar-refractivity contribution in [3.8, 4) is 33.9 Å². The standard InChI is InChI=1S/C34H30F4N4O5/c1-32(30(39)44)17-46-29-24(32)14-27(42-28(29)18-3-6-21(35)7-4-18)33(2,45)12-11-25(43)19-5-10-26(47-22-8-9-22)23(13-19)20-15-40-31(41-16-20)34(36,37)38/h3-7,10,13-16,22,45H,8-9,11-12,17H2,1-2H3,(H2,39,44)/t32-,33-/m0/s1. The monoisotopic (exact) mass is 650 g/mol. The number of ketones is 1. The Morgan fingerprint density at radius 1 is 1.06 bits per heavy atom. The first-order valence-corrected chi connectivity index (χ1v) is 14.9. The van der Waals surface area contributed by atoms with Gasteiger partial charge in [-0.2, -0.15) is 13.2 Å². The third-order valence-corrected chi connectivity index (χ3v) is 8.46. The highest BCUT2D eigenvalue weighted by atomic mass is 19.4. The zero-order chi connectivity index (χ0) is 33.7. The van der Waals surface area contributed by atoms with Crippen LogP contribution in [0.25, 0.3) is 22.4 Å². The second kappa shape index (κ2) is 11.7. The van der Waals surface area contributed by atoms with Crippen LogP contribution in [0.15, 0.2) is 60.9 Å². The maximum atomic E-state index is 13.7. The highest BCUT2D eigenvalue weighted by Gasteiger charge is 2.45. The zero-order valence-corrected chi connectivity index (χ0v) is 25.4. The summed E-state index contributed by atoms with van der Waals surface area (Å²) in [5, 5.41) is 11.7. The number of alkyl halides is 3. The number of halogens is 4. The summed E-state index contributed by atoms with van der Waals surface area (Å²) in [6, 6.07) is 11.7. The van der Waals surface area contributed by atoms with E-state index in [0.29, 0.717) is 28.2 Å². The van der Waals surface area contributed by atoms with E-state index in [2.05, 4.69) is 15.0 Å². The molecule has 1 amide bonds. The van der Waals surface area contributed by atoms with Gasteiger partial charge in [-0.25, -0.2) is 19.3 Å². The number of aliphatic hydroxyl groups is 1. The van der Waals surface area contributed by atoms with Crippen LogP contribution >= 0.6 is 0 Å². The van der Waals surface area contributed by atoms with Crippen LogP contribution in [-0.4, -0.2) is 44.5 Å². The number of primary amides is 1. The molecule has 2 atom stereocenters. The van der Waals surface area contributed by atoms with E-state index in [1.807, 2.05) is 0 Å². The molecule has 2 aromatic carbocycles. The smallest absolute Gasteiger partial charge is 0.451 e. The fourth-order valence-electron chi connectivity index (χ4n) is 5.31. The molecule has 3 heterocycles. The minimum atomic E-state index is -4.71. The van der Waals surface area contributed by atoms with Crippen molar-refractivity contribution in [2.45, 2.75) is 62.8 Å².